The summed E-state index contributed by atoms with van der Waals surface area (Å²) in [6.45, 7) is 1.92. The number of para-hydroxylation sites is 1. The Kier molecular flexibility index (Phi) is 4.37. The normalized spacial score (nSPS) is 11.0. The van der Waals surface area contributed by atoms with Crippen molar-refractivity contribution in [3.8, 4) is 0 Å². The molecular weight excluding hydrogens is 360 g/mol. The second kappa shape index (κ2) is 6.85. The van der Waals surface area contributed by atoms with E-state index >= 15 is 0 Å². The number of amides is 2. The van der Waals surface area contributed by atoms with Crippen LogP contribution in [0, 0.1) is 6.92 Å². The maximum absolute atomic E-state index is 12.7. The van der Waals surface area contributed by atoms with Crippen LogP contribution in [0.3, 0.4) is 0 Å². The van der Waals surface area contributed by atoms with Crippen LogP contribution < -0.4 is 5.32 Å². The van der Waals surface area contributed by atoms with Crippen molar-refractivity contribution < 1.29 is 9.59 Å². The second-order valence-electron chi connectivity index (χ2n) is 6.37. The predicted molar refractivity (Wildman–Crippen MR) is 108 cm³/mol. The lowest BCUT2D eigenvalue weighted by atomic mass is 10.1. The largest absolute Gasteiger partial charge is 0.360 e. The van der Waals surface area contributed by atoms with Crippen LogP contribution in [0.15, 0.2) is 48.7 Å². The van der Waals surface area contributed by atoms with Gasteiger partial charge in [-0.15, -0.1) is 11.3 Å². The zero-order chi connectivity index (χ0) is 19.0. The van der Waals surface area contributed by atoms with E-state index in [1.54, 1.807) is 24.6 Å². The van der Waals surface area contributed by atoms with E-state index in [1.807, 2.05) is 49.4 Å². The van der Waals surface area contributed by atoms with Crippen molar-refractivity contribution >= 4 is 50.0 Å². The maximum Gasteiger partial charge on any atom is 0.256 e. The van der Waals surface area contributed by atoms with Gasteiger partial charge in [-0.05, 0) is 31.2 Å². The molecule has 4 rings (SSSR count). The molecular formula is C20H18N4O2S. The highest BCUT2D eigenvalue weighted by Crippen LogP contribution is 2.24. The second-order valence-corrected chi connectivity index (χ2v) is 7.61. The van der Waals surface area contributed by atoms with Crippen molar-refractivity contribution in [1.82, 2.24) is 14.9 Å². The number of carbonyl (C=O) groups excluding carboxylic acids is 2. The van der Waals surface area contributed by atoms with Gasteiger partial charge in [0.15, 0.2) is 0 Å². The minimum atomic E-state index is -0.253. The Hall–Kier alpha value is -3.19. The number of carbonyl (C=O) groups is 2. The molecule has 27 heavy (non-hydrogen) atoms. The Morgan fingerprint density at radius 3 is 2.89 bits per heavy atom. The van der Waals surface area contributed by atoms with Gasteiger partial charge in [0.1, 0.15) is 0 Å². The van der Waals surface area contributed by atoms with E-state index < -0.39 is 0 Å². The minimum Gasteiger partial charge on any atom is -0.360 e. The number of fused-ring (bicyclic) bond motifs is 2. The smallest absolute Gasteiger partial charge is 0.256 e. The van der Waals surface area contributed by atoms with Gasteiger partial charge in [0.05, 0.1) is 27.3 Å². The Morgan fingerprint density at radius 2 is 2.04 bits per heavy atom. The highest BCUT2D eigenvalue weighted by atomic mass is 32.1. The van der Waals surface area contributed by atoms with Gasteiger partial charge in [0, 0.05) is 29.8 Å². The number of aryl methyl sites for hydroxylation is 1. The first kappa shape index (κ1) is 17.2. The summed E-state index contributed by atoms with van der Waals surface area (Å²) in [6.07, 6.45) is 1.68. The number of benzene rings is 2. The molecule has 2 aromatic heterocycles. The molecule has 0 aliphatic heterocycles. The van der Waals surface area contributed by atoms with Gasteiger partial charge in [0.2, 0.25) is 5.91 Å². The van der Waals surface area contributed by atoms with E-state index in [0.29, 0.717) is 11.3 Å². The van der Waals surface area contributed by atoms with Crippen LogP contribution in [0.1, 0.15) is 15.4 Å². The summed E-state index contributed by atoms with van der Waals surface area (Å²) in [5.41, 5.74) is 2.98. The van der Waals surface area contributed by atoms with Crippen LogP contribution >= 0.6 is 11.3 Å². The summed E-state index contributed by atoms with van der Waals surface area (Å²) >= 11 is 1.61. The molecule has 0 aliphatic carbocycles. The van der Waals surface area contributed by atoms with Crippen LogP contribution in [0.5, 0.6) is 0 Å². The molecule has 0 fully saturated rings. The number of likely N-dealkylation sites (N-methyl/N-ethyl adjacent to an activating group) is 1. The summed E-state index contributed by atoms with van der Waals surface area (Å²) in [5.74, 6) is -0.454. The van der Waals surface area contributed by atoms with Crippen molar-refractivity contribution in [2.24, 2.45) is 0 Å². The lowest BCUT2D eigenvalue weighted by Crippen LogP contribution is -2.34. The number of aromatic amines is 1. The van der Waals surface area contributed by atoms with E-state index in [1.165, 1.54) is 4.90 Å². The summed E-state index contributed by atoms with van der Waals surface area (Å²) in [5, 5.41) is 4.67. The Balaban J connectivity index is 1.45. The van der Waals surface area contributed by atoms with Crippen LogP contribution in [0.4, 0.5) is 5.69 Å². The van der Waals surface area contributed by atoms with Gasteiger partial charge < -0.3 is 15.2 Å². The van der Waals surface area contributed by atoms with Crippen molar-refractivity contribution in [3.05, 3.63) is 59.2 Å². The van der Waals surface area contributed by atoms with Crippen molar-refractivity contribution in [2.75, 3.05) is 18.9 Å². The number of rotatable bonds is 4. The highest BCUT2D eigenvalue weighted by Gasteiger charge is 2.18. The molecule has 0 spiro atoms. The fourth-order valence-electron chi connectivity index (χ4n) is 3.06. The molecule has 2 N–H and O–H groups in total. The number of H-pyrrole nitrogens is 1. The molecule has 4 aromatic rings. The first-order valence-corrected chi connectivity index (χ1v) is 9.31. The van der Waals surface area contributed by atoms with Crippen molar-refractivity contribution in [2.45, 2.75) is 6.92 Å². The minimum absolute atomic E-state index is 0.0352. The molecule has 2 amide bonds. The van der Waals surface area contributed by atoms with E-state index in [-0.39, 0.29) is 18.4 Å². The SMILES string of the molecule is Cc1nc2cc(NC(=O)CN(C)C(=O)c3c[nH]c4ccccc34)ccc2s1. The molecule has 0 saturated heterocycles. The van der Waals surface area contributed by atoms with Gasteiger partial charge in [-0.2, -0.15) is 0 Å². The molecule has 0 bridgehead atoms. The van der Waals surface area contributed by atoms with Crippen LogP contribution in [-0.4, -0.2) is 40.3 Å². The van der Waals surface area contributed by atoms with Crippen molar-refractivity contribution in [1.29, 1.82) is 0 Å². The van der Waals surface area contributed by atoms with Gasteiger partial charge in [-0.3, -0.25) is 9.59 Å². The Morgan fingerprint density at radius 1 is 1.22 bits per heavy atom. The topological polar surface area (TPSA) is 78.1 Å². The number of thiazole rings is 1. The molecule has 0 unspecified atom stereocenters. The molecule has 7 heteroatoms. The Bertz CT molecular complexity index is 1160. The fraction of sp³-hybridized carbons (Fsp3) is 0.150. The third kappa shape index (κ3) is 3.41. The van der Waals surface area contributed by atoms with E-state index in [2.05, 4.69) is 15.3 Å². The number of nitrogens with zero attached hydrogens (tertiary/aromatic N) is 2. The van der Waals surface area contributed by atoms with Gasteiger partial charge in [0.25, 0.3) is 5.91 Å². The fourth-order valence-corrected chi connectivity index (χ4v) is 3.87. The molecule has 0 aliphatic rings. The quantitative estimate of drug-likeness (QED) is 0.567. The Labute approximate surface area is 159 Å². The van der Waals surface area contributed by atoms with Crippen LogP contribution in [0.25, 0.3) is 21.1 Å². The van der Waals surface area contributed by atoms with Crippen LogP contribution in [0.2, 0.25) is 0 Å². The molecule has 0 radical (unpaired) electrons. The number of aromatic nitrogens is 2. The highest BCUT2D eigenvalue weighted by molar-refractivity contribution is 7.18. The summed E-state index contributed by atoms with van der Waals surface area (Å²) in [6, 6.07) is 13.2. The number of hydrogen-bond donors (Lipinski definition) is 2. The summed E-state index contributed by atoms with van der Waals surface area (Å²) < 4.78 is 1.08. The molecule has 2 heterocycles. The van der Waals surface area contributed by atoms with E-state index in [4.69, 9.17) is 0 Å². The molecule has 6 nitrogen and oxygen atoms in total. The van der Waals surface area contributed by atoms with E-state index in [0.717, 1.165) is 26.1 Å². The van der Waals surface area contributed by atoms with Gasteiger partial charge in [-0.1, -0.05) is 18.2 Å². The lowest BCUT2D eigenvalue weighted by molar-refractivity contribution is -0.116. The number of nitrogens with one attached hydrogen (secondary N) is 2. The average molecular weight is 378 g/mol. The van der Waals surface area contributed by atoms with Gasteiger partial charge >= 0.3 is 0 Å². The summed E-state index contributed by atoms with van der Waals surface area (Å²) in [7, 11) is 1.62. The first-order valence-electron chi connectivity index (χ1n) is 8.50. The average Bonchev–Trinajstić information content (AvgIpc) is 3.23. The van der Waals surface area contributed by atoms with Gasteiger partial charge in [-0.25, -0.2) is 4.98 Å². The van der Waals surface area contributed by atoms with Crippen molar-refractivity contribution in [3.63, 3.8) is 0 Å². The first-order chi connectivity index (χ1) is 13.0. The third-order valence-corrected chi connectivity index (χ3v) is 5.28. The monoisotopic (exact) mass is 378 g/mol. The zero-order valence-electron chi connectivity index (χ0n) is 14.9. The molecule has 136 valence electrons. The lowest BCUT2D eigenvalue weighted by Gasteiger charge is -2.16. The number of hydrogen-bond acceptors (Lipinski definition) is 4. The molecule has 0 atom stereocenters. The standard InChI is InChI=1S/C20H18N4O2S/c1-12-22-17-9-13(7-8-18(17)27-12)23-19(25)11-24(2)20(26)15-10-21-16-6-4-3-5-14(15)16/h3-10,21H,11H2,1-2H3,(H,23,25). The van der Waals surface area contributed by atoms with Crippen LogP contribution in [-0.2, 0) is 4.79 Å². The zero-order valence-corrected chi connectivity index (χ0v) is 15.8. The summed E-state index contributed by atoms with van der Waals surface area (Å²) in [4.78, 5) is 34.0. The number of anilines is 1. The third-order valence-electron chi connectivity index (χ3n) is 4.33. The molecule has 2 aromatic carbocycles. The van der Waals surface area contributed by atoms with E-state index in [9.17, 15) is 9.59 Å². The predicted octanol–water partition coefficient (Wildman–Crippen LogP) is 3.80. The maximum atomic E-state index is 12.7. The molecule has 0 saturated carbocycles.